The van der Waals surface area contributed by atoms with Crippen molar-refractivity contribution in [1.29, 1.82) is 0 Å². The summed E-state index contributed by atoms with van der Waals surface area (Å²) in [5.74, 6) is 11.7. The second-order valence-electron chi connectivity index (χ2n) is 7.30. The molecule has 3 rings (SSSR count). The van der Waals surface area contributed by atoms with E-state index < -0.39 is 5.60 Å². The molecule has 0 spiro atoms. The number of aliphatic hydroxyl groups is 1. The van der Waals surface area contributed by atoms with Crippen LogP contribution in [0.5, 0.6) is 0 Å². The summed E-state index contributed by atoms with van der Waals surface area (Å²) in [6.45, 7) is 7.46. The molecular weight excluding hydrogens is 342 g/mol. The van der Waals surface area contributed by atoms with Gasteiger partial charge in [0.2, 0.25) is 0 Å². The van der Waals surface area contributed by atoms with Gasteiger partial charge in [0.25, 0.3) is 0 Å². The van der Waals surface area contributed by atoms with E-state index in [9.17, 15) is 5.11 Å². The Hall–Kier alpha value is -3.33. The zero-order valence-corrected chi connectivity index (χ0v) is 16.7. The molecule has 2 heteroatoms. The molecule has 28 heavy (non-hydrogen) atoms. The molecule has 0 saturated carbocycles. The Morgan fingerprint density at radius 1 is 0.750 bits per heavy atom. The van der Waals surface area contributed by atoms with Crippen molar-refractivity contribution in [3.63, 3.8) is 0 Å². The summed E-state index contributed by atoms with van der Waals surface area (Å²) in [7, 11) is 0. The van der Waals surface area contributed by atoms with Crippen LogP contribution < -0.4 is 0 Å². The molecule has 0 unspecified atom stereocenters. The van der Waals surface area contributed by atoms with E-state index in [-0.39, 0.29) is 0 Å². The molecule has 1 aromatic heterocycles. The lowest BCUT2D eigenvalue weighted by atomic mass is 9.91. The van der Waals surface area contributed by atoms with Gasteiger partial charge >= 0.3 is 0 Å². The smallest absolute Gasteiger partial charge is 0.120 e. The summed E-state index contributed by atoms with van der Waals surface area (Å²) >= 11 is 0. The van der Waals surface area contributed by atoms with Crippen LogP contribution in [0.3, 0.4) is 0 Å². The lowest BCUT2D eigenvalue weighted by Gasteiger charge is -2.13. The topological polar surface area (TPSA) is 33.1 Å². The standard InChI is InChI=1S/C26H23NO/c1-19-11-5-7-13-21(19)24-17-27-18-25(22-14-8-6-12-20(22)2)23(24)15-9-10-16-26(3,4)28/h5-8,11-14,17-18,28H,1-4H3. The van der Waals surface area contributed by atoms with Gasteiger partial charge in [-0.1, -0.05) is 60.4 Å². The van der Waals surface area contributed by atoms with Crippen molar-refractivity contribution in [3.05, 3.63) is 77.6 Å². The number of hydrogen-bond donors (Lipinski definition) is 1. The average Bonchev–Trinajstić information content (AvgIpc) is 2.65. The van der Waals surface area contributed by atoms with Crippen molar-refractivity contribution < 1.29 is 5.11 Å². The van der Waals surface area contributed by atoms with E-state index in [1.165, 1.54) is 0 Å². The highest BCUT2D eigenvalue weighted by atomic mass is 16.3. The van der Waals surface area contributed by atoms with Crippen LogP contribution in [0.25, 0.3) is 22.3 Å². The molecule has 2 aromatic carbocycles. The summed E-state index contributed by atoms with van der Waals surface area (Å²) in [5.41, 5.74) is 6.32. The van der Waals surface area contributed by atoms with Crippen molar-refractivity contribution in [3.8, 4) is 45.9 Å². The molecule has 0 aliphatic rings. The van der Waals surface area contributed by atoms with Crippen LogP contribution in [-0.2, 0) is 0 Å². The monoisotopic (exact) mass is 365 g/mol. The highest BCUT2D eigenvalue weighted by Crippen LogP contribution is 2.33. The maximum Gasteiger partial charge on any atom is 0.120 e. The van der Waals surface area contributed by atoms with Crippen LogP contribution in [0.1, 0.15) is 30.5 Å². The van der Waals surface area contributed by atoms with Gasteiger partial charge in [-0.25, -0.2) is 0 Å². The minimum Gasteiger partial charge on any atom is -0.378 e. The van der Waals surface area contributed by atoms with E-state index in [1.807, 2.05) is 36.7 Å². The number of rotatable bonds is 2. The molecule has 0 amide bonds. The van der Waals surface area contributed by atoms with Gasteiger partial charge in [-0.3, -0.25) is 4.98 Å². The van der Waals surface area contributed by atoms with E-state index in [0.717, 1.165) is 38.9 Å². The number of nitrogens with zero attached hydrogens (tertiary/aromatic N) is 1. The van der Waals surface area contributed by atoms with Crippen LogP contribution in [-0.4, -0.2) is 15.7 Å². The van der Waals surface area contributed by atoms with Gasteiger partial charge < -0.3 is 5.11 Å². The van der Waals surface area contributed by atoms with Crippen molar-refractivity contribution in [2.75, 3.05) is 0 Å². The van der Waals surface area contributed by atoms with Crippen molar-refractivity contribution >= 4 is 0 Å². The van der Waals surface area contributed by atoms with Gasteiger partial charge in [0, 0.05) is 29.1 Å². The van der Waals surface area contributed by atoms with Crippen molar-refractivity contribution in [2.24, 2.45) is 0 Å². The SMILES string of the molecule is Cc1ccccc1-c1cncc(-c2ccccc2C)c1C#CC#CC(C)(C)O. The quantitative estimate of drug-likeness (QED) is 0.637. The third-order valence-corrected chi connectivity index (χ3v) is 4.43. The van der Waals surface area contributed by atoms with Crippen molar-refractivity contribution in [1.82, 2.24) is 4.98 Å². The van der Waals surface area contributed by atoms with E-state index in [4.69, 9.17) is 0 Å². The summed E-state index contributed by atoms with van der Waals surface area (Å²) < 4.78 is 0. The molecule has 0 fully saturated rings. The summed E-state index contributed by atoms with van der Waals surface area (Å²) in [5, 5.41) is 9.80. The Kier molecular flexibility index (Phi) is 5.65. The van der Waals surface area contributed by atoms with Gasteiger partial charge in [0.15, 0.2) is 0 Å². The normalized spacial score (nSPS) is 10.5. The Labute approximate surface area is 167 Å². The number of pyridine rings is 1. The molecule has 0 saturated heterocycles. The van der Waals surface area contributed by atoms with Crippen LogP contribution >= 0.6 is 0 Å². The third kappa shape index (κ3) is 4.49. The van der Waals surface area contributed by atoms with Crippen LogP contribution in [0.15, 0.2) is 60.9 Å². The molecular formula is C26H23NO. The molecule has 0 aliphatic heterocycles. The Morgan fingerprint density at radius 3 is 1.71 bits per heavy atom. The molecule has 138 valence electrons. The number of hydrogen-bond acceptors (Lipinski definition) is 2. The van der Waals surface area contributed by atoms with Crippen molar-refractivity contribution in [2.45, 2.75) is 33.3 Å². The highest BCUT2D eigenvalue weighted by molar-refractivity contribution is 5.83. The second-order valence-corrected chi connectivity index (χ2v) is 7.30. The lowest BCUT2D eigenvalue weighted by Crippen LogP contribution is -2.14. The highest BCUT2D eigenvalue weighted by Gasteiger charge is 2.14. The van der Waals surface area contributed by atoms with Crippen LogP contribution in [0.4, 0.5) is 0 Å². The zero-order valence-electron chi connectivity index (χ0n) is 16.7. The second kappa shape index (κ2) is 8.13. The van der Waals surface area contributed by atoms with E-state index >= 15 is 0 Å². The van der Waals surface area contributed by atoms with E-state index in [2.05, 4.69) is 66.8 Å². The fraction of sp³-hybridized carbons (Fsp3) is 0.192. The molecule has 0 atom stereocenters. The summed E-state index contributed by atoms with van der Waals surface area (Å²) in [6.07, 6.45) is 3.72. The van der Waals surface area contributed by atoms with Gasteiger partial charge in [0.05, 0.1) is 0 Å². The molecule has 2 nitrogen and oxygen atoms in total. The minimum absolute atomic E-state index is 0.892. The zero-order chi connectivity index (χ0) is 20.1. The van der Waals surface area contributed by atoms with E-state index in [1.54, 1.807) is 13.8 Å². The van der Waals surface area contributed by atoms with E-state index in [0.29, 0.717) is 0 Å². The average molecular weight is 365 g/mol. The molecule has 0 radical (unpaired) electrons. The van der Waals surface area contributed by atoms with Gasteiger partial charge in [-0.15, -0.1) is 0 Å². The number of aryl methyl sites for hydroxylation is 2. The van der Waals surface area contributed by atoms with Gasteiger partial charge in [0.1, 0.15) is 5.60 Å². The predicted octanol–water partition coefficient (Wildman–Crippen LogP) is 5.16. The fourth-order valence-corrected chi connectivity index (χ4v) is 3.03. The number of aromatic nitrogens is 1. The predicted molar refractivity (Wildman–Crippen MR) is 116 cm³/mol. The molecule has 0 aliphatic carbocycles. The first-order valence-electron chi connectivity index (χ1n) is 9.22. The summed E-state index contributed by atoms with van der Waals surface area (Å²) in [4.78, 5) is 4.50. The van der Waals surface area contributed by atoms with Gasteiger partial charge in [-0.05, 0) is 61.8 Å². The molecule has 1 heterocycles. The Morgan fingerprint density at radius 2 is 1.25 bits per heavy atom. The molecule has 0 bridgehead atoms. The molecule has 3 aromatic rings. The summed E-state index contributed by atoms with van der Waals surface area (Å²) in [6, 6.07) is 16.4. The Bertz CT molecular complexity index is 1060. The van der Waals surface area contributed by atoms with Crippen LogP contribution in [0, 0.1) is 37.5 Å². The third-order valence-electron chi connectivity index (χ3n) is 4.43. The molecule has 1 N–H and O–H groups in total. The first kappa shape index (κ1) is 19.4. The first-order valence-corrected chi connectivity index (χ1v) is 9.22. The minimum atomic E-state index is -1.06. The first-order chi connectivity index (χ1) is 13.4. The largest absolute Gasteiger partial charge is 0.378 e. The van der Waals surface area contributed by atoms with Crippen LogP contribution in [0.2, 0.25) is 0 Å². The maximum absolute atomic E-state index is 9.80. The maximum atomic E-state index is 9.80. The van der Waals surface area contributed by atoms with Gasteiger partial charge in [-0.2, -0.15) is 0 Å². The fourth-order valence-electron chi connectivity index (χ4n) is 3.03. The lowest BCUT2D eigenvalue weighted by molar-refractivity contribution is 0.143. The number of benzene rings is 2. The Balaban J connectivity index is 2.26.